The number of alkyl carbamates (subject to hydrolysis) is 1. The van der Waals surface area contributed by atoms with Crippen LogP contribution in [0.1, 0.15) is 12.5 Å². The molecule has 0 bridgehead atoms. The summed E-state index contributed by atoms with van der Waals surface area (Å²) in [6.07, 6.45) is -0.679. The number of thiocarbonyl (C=S) groups is 1. The zero-order chi connectivity index (χ0) is 14.4. The molecule has 0 radical (unpaired) electrons. The first kappa shape index (κ1) is 14.8. The van der Waals surface area contributed by atoms with E-state index in [9.17, 15) is 14.9 Å². The van der Waals surface area contributed by atoms with Gasteiger partial charge >= 0.3 is 6.09 Å². The molecule has 8 heteroatoms. The number of amides is 1. The molecule has 0 aliphatic carbocycles. The minimum Gasteiger partial charge on any atom is -0.450 e. The predicted molar refractivity (Wildman–Crippen MR) is 74.2 cm³/mol. The molecule has 0 aliphatic heterocycles. The highest BCUT2D eigenvalue weighted by atomic mass is 32.1. The Morgan fingerprint density at radius 1 is 1.53 bits per heavy atom. The minimum absolute atomic E-state index is 0.0107. The summed E-state index contributed by atoms with van der Waals surface area (Å²) in [5, 5.41) is 15.7. The molecular weight excluding hydrogens is 270 g/mol. The second-order valence-corrected chi connectivity index (χ2v) is 3.97. The maximum Gasteiger partial charge on any atom is 0.413 e. The van der Waals surface area contributed by atoms with Gasteiger partial charge in [0.15, 0.2) is 5.11 Å². The van der Waals surface area contributed by atoms with Gasteiger partial charge in [-0.15, -0.1) is 0 Å². The van der Waals surface area contributed by atoms with Gasteiger partial charge in [0.25, 0.3) is 5.69 Å². The number of anilines is 1. The second-order valence-electron chi connectivity index (χ2n) is 3.56. The molecule has 0 atom stereocenters. The van der Waals surface area contributed by atoms with Crippen LogP contribution in [0.15, 0.2) is 18.2 Å². The van der Waals surface area contributed by atoms with Crippen LogP contribution in [0.5, 0.6) is 0 Å². The van der Waals surface area contributed by atoms with Crippen LogP contribution >= 0.6 is 12.2 Å². The Morgan fingerprint density at radius 2 is 2.21 bits per heavy atom. The average molecular weight is 283 g/mol. The van der Waals surface area contributed by atoms with Crippen molar-refractivity contribution >= 4 is 34.8 Å². The highest BCUT2D eigenvalue weighted by Gasteiger charge is 2.12. The van der Waals surface area contributed by atoms with E-state index in [1.165, 1.54) is 6.07 Å². The van der Waals surface area contributed by atoms with Crippen molar-refractivity contribution in [1.29, 1.82) is 0 Å². The first-order valence-corrected chi connectivity index (χ1v) is 5.84. The molecule has 2 N–H and O–H groups in total. The number of benzene rings is 1. The smallest absolute Gasteiger partial charge is 0.413 e. The van der Waals surface area contributed by atoms with Crippen molar-refractivity contribution in [2.24, 2.45) is 0 Å². The Bertz CT molecular complexity index is 519. The molecule has 0 unspecified atom stereocenters. The third-order valence-electron chi connectivity index (χ3n) is 2.15. The summed E-state index contributed by atoms with van der Waals surface area (Å²) in [6.45, 7) is 3.53. The van der Waals surface area contributed by atoms with E-state index in [4.69, 9.17) is 12.2 Å². The average Bonchev–Trinajstić information content (AvgIpc) is 2.31. The molecule has 0 saturated carbocycles. The highest BCUT2D eigenvalue weighted by molar-refractivity contribution is 7.80. The van der Waals surface area contributed by atoms with E-state index in [-0.39, 0.29) is 17.4 Å². The number of ether oxygens (including phenoxy) is 1. The van der Waals surface area contributed by atoms with Crippen molar-refractivity contribution in [3.05, 3.63) is 33.9 Å². The van der Waals surface area contributed by atoms with Crippen molar-refractivity contribution in [3.8, 4) is 0 Å². The molecule has 19 heavy (non-hydrogen) atoms. The molecule has 0 spiro atoms. The Labute approximate surface area is 115 Å². The molecule has 1 amide bonds. The molecule has 102 valence electrons. The normalized spacial score (nSPS) is 9.58. The van der Waals surface area contributed by atoms with E-state index in [2.05, 4.69) is 15.4 Å². The molecule has 1 rings (SSSR count). The van der Waals surface area contributed by atoms with Crippen LogP contribution < -0.4 is 10.6 Å². The summed E-state index contributed by atoms with van der Waals surface area (Å²) in [4.78, 5) is 21.4. The maximum atomic E-state index is 11.1. The van der Waals surface area contributed by atoms with Crippen LogP contribution in [0.2, 0.25) is 0 Å². The van der Waals surface area contributed by atoms with E-state index >= 15 is 0 Å². The Hall–Kier alpha value is -2.22. The first-order valence-electron chi connectivity index (χ1n) is 5.43. The standard InChI is InChI=1S/C11H13N3O4S/c1-3-18-11(15)13-10(19)12-8-5-4-7(2)9(6-8)14(16)17/h4-6H,3H2,1-2H3,(H2,12,13,15,19). The SMILES string of the molecule is CCOC(=O)NC(=S)Nc1ccc(C)c([N+](=O)[O-])c1. The molecule has 1 aromatic carbocycles. The van der Waals surface area contributed by atoms with E-state index in [0.29, 0.717) is 11.3 Å². The van der Waals surface area contributed by atoms with Crippen LogP contribution in [-0.4, -0.2) is 22.7 Å². The third kappa shape index (κ3) is 4.51. The minimum atomic E-state index is -0.679. The predicted octanol–water partition coefficient (Wildman–Crippen LogP) is 2.35. The number of hydrogen-bond donors (Lipinski definition) is 2. The van der Waals surface area contributed by atoms with Crippen molar-refractivity contribution < 1.29 is 14.5 Å². The molecule has 0 saturated heterocycles. The summed E-state index contributed by atoms with van der Waals surface area (Å²) < 4.78 is 4.65. The van der Waals surface area contributed by atoms with E-state index in [0.717, 1.165) is 0 Å². The van der Waals surface area contributed by atoms with Crippen LogP contribution in [0.4, 0.5) is 16.2 Å². The van der Waals surface area contributed by atoms with Crippen LogP contribution in [0.3, 0.4) is 0 Å². The largest absolute Gasteiger partial charge is 0.450 e. The monoisotopic (exact) mass is 283 g/mol. The lowest BCUT2D eigenvalue weighted by Crippen LogP contribution is -2.34. The Kier molecular flexibility index (Phi) is 5.19. The van der Waals surface area contributed by atoms with Gasteiger partial charge in [0.1, 0.15) is 0 Å². The van der Waals surface area contributed by atoms with Gasteiger partial charge in [-0.3, -0.25) is 15.4 Å². The van der Waals surface area contributed by atoms with E-state index in [1.807, 2.05) is 0 Å². The van der Waals surface area contributed by atoms with Gasteiger partial charge < -0.3 is 10.1 Å². The fourth-order valence-electron chi connectivity index (χ4n) is 1.31. The summed E-state index contributed by atoms with van der Waals surface area (Å²) in [5.74, 6) is 0. The Morgan fingerprint density at radius 3 is 2.79 bits per heavy atom. The van der Waals surface area contributed by atoms with Crippen molar-refractivity contribution in [3.63, 3.8) is 0 Å². The number of nitrogens with one attached hydrogen (secondary N) is 2. The number of nitrogens with zero attached hydrogens (tertiary/aromatic N) is 1. The zero-order valence-corrected chi connectivity index (χ0v) is 11.2. The topological polar surface area (TPSA) is 93.5 Å². The number of aryl methyl sites for hydroxylation is 1. The number of rotatable bonds is 3. The molecule has 0 aliphatic rings. The number of carbonyl (C=O) groups excluding carboxylic acids is 1. The molecule has 0 heterocycles. The lowest BCUT2D eigenvalue weighted by Gasteiger charge is -2.09. The maximum absolute atomic E-state index is 11.1. The van der Waals surface area contributed by atoms with Gasteiger partial charge in [0.2, 0.25) is 0 Å². The quantitative estimate of drug-likeness (QED) is 0.502. The lowest BCUT2D eigenvalue weighted by atomic mass is 10.2. The number of hydrogen-bond acceptors (Lipinski definition) is 5. The lowest BCUT2D eigenvalue weighted by molar-refractivity contribution is -0.385. The Balaban J connectivity index is 2.72. The third-order valence-corrected chi connectivity index (χ3v) is 2.36. The summed E-state index contributed by atoms with van der Waals surface area (Å²) in [5.41, 5.74) is 0.933. The van der Waals surface area contributed by atoms with Gasteiger partial charge in [-0.25, -0.2) is 4.79 Å². The van der Waals surface area contributed by atoms with E-state index < -0.39 is 11.0 Å². The summed E-state index contributed by atoms with van der Waals surface area (Å²) >= 11 is 4.88. The molecule has 0 aromatic heterocycles. The molecule has 7 nitrogen and oxygen atoms in total. The van der Waals surface area contributed by atoms with Gasteiger partial charge in [-0.1, -0.05) is 6.07 Å². The molecular formula is C11H13N3O4S. The zero-order valence-electron chi connectivity index (χ0n) is 10.4. The number of nitro benzene ring substituents is 1. The van der Waals surface area contributed by atoms with Gasteiger partial charge in [-0.2, -0.15) is 0 Å². The number of carbonyl (C=O) groups is 1. The van der Waals surface area contributed by atoms with Crippen LogP contribution in [-0.2, 0) is 4.74 Å². The molecule has 0 fully saturated rings. The van der Waals surface area contributed by atoms with Crippen LogP contribution in [0, 0.1) is 17.0 Å². The fourth-order valence-corrected chi connectivity index (χ4v) is 1.51. The van der Waals surface area contributed by atoms with Crippen molar-refractivity contribution in [1.82, 2.24) is 5.32 Å². The van der Waals surface area contributed by atoms with E-state index in [1.54, 1.807) is 26.0 Å². The second kappa shape index (κ2) is 6.64. The summed E-state index contributed by atoms with van der Waals surface area (Å²) in [6, 6.07) is 4.56. The fraction of sp³-hybridized carbons (Fsp3) is 0.273. The number of nitro groups is 1. The summed E-state index contributed by atoms with van der Waals surface area (Å²) in [7, 11) is 0. The van der Waals surface area contributed by atoms with Gasteiger partial charge in [0.05, 0.1) is 11.5 Å². The van der Waals surface area contributed by atoms with Crippen LogP contribution in [0.25, 0.3) is 0 Å². The van der Waals surface area contributed by atoms with Crippen molar-refractivity contribution in [2.45, 2.75) is 13.8 Å². The van der Waals surface area contributed by atoms with Gasteiger partial charge in [0, 0.05) is 17.3 Å². The highest BCUT2D eigenvalue weighted by Crippen LogP contribution is 2.22. The molecule has 1 aromatic rings. The van der Waals surface area contributed by atoms with Crippen molar-refractivity contribution in [2.75, 3.05) is 11.9 Å². The van der Waals surface area contributed by atoms with Gasteiger partial charge in [-0.05, 0) is 32.1 Å². The first-order chi connectivity index (χ1) is 8.93.